The van der Waals surface area contributed by atoms with Crippen LogP contribution in [0.4, 0.5) is 0 Å². The second kappa shape index (κ2) is 34.7. The van der Waals surface area contributed by atoms with E-state index in [4.69, 9.17) is 25.8 Å². The van der Waals surface area contributed by atoms with E-state index in [1.54, 1.807) is 20.8 Å². The smallest absolute Gasteiger partial charge is 0.211 e. The molecule has 0 spiro atoms. The highest BCUT2D eigenvalue weighted by Crippen LogP contribution is 2.29. The number of nitrogens with one attached hydrogen (secondary N) is 1. The third-order valence-corrected chi connectivity index (χ3v) is 13.2. The number of aliphatic hydroxyl groups is 1. The number of aromatic nitrogens is 3. The van der Waals surface area contributed by atoms with E-state index < -0.39 is 9.23 Å². The molecule has 0 unspecified atom stereocenters. The summed E-state index contributed by atoms with van der Waals surface area (Å²) in [7, 11) is 11.5. The lowest BCUT2D eigenvalue weighted by atomic mass is 10.0. The molecule has 81 heavy (non-hydrogen) atoms. The lowest BCUT2D eigenvalue weighted by Crippen LogP contribution is -2.19. The molecule has 9 aromatic rings. The Morgan fingerprint density at radius 2 is 0.864 bits per heavy atom. The number of para-hydroxylation sites is 3. The minimum atomic E-state index is -1.67. The van der Waals surface area contributed by atoms with Crippen LogP contribution in [0.2, 0.25) is 0 Å². The van der Waals surface area contributed by atoms with Gasteiger partial charge in [-0.1, -0.05) is 154 Å². The Balaban J connectivity index is 0.000000206. The monoisotopic (exact) mass is 1170 g/mol. The largest absolute Gasteiger partial charge is 0.392 e. The molecule has 0 amide bonds. The lowest BCUT2D eigenvalue weighted by Gasteiger charge is -2.18. The summed E-state index contributed by atoms with van der Waals surface area (Å²) < 4.78 is 9.09. The Hall–Kier alpha value is -6.54. The predicted molar refractivity (Wildman–Crippen MR) is 340 cm³/mol. The molecule has 10 nitrogen and oxygen atoms in total. The second-order valence-corrected chi connectivity index (χ2v) is 22.6. The van der Waals surface area contributed by atoms with Gasteiger partial charge in [0.1, 0.15) is 17.3 Å². The number of pyridine rings is 3. The lowest BCUT2D eigenvalue weighted by molar-refractivity contribution is -0.117. The summed E-state index contributed by atoms with van der Waals surface area (Å²) in [4.78, 5) is 50.3. The third-order valence-electron chi connectivity index (χ3n) is 12.9. The van der Waals surface area contributed by atoms with Gasteiger partial charge in [0.05, 0.1) is 40.2 Å². The van der Waals surface area contributed by atoms with Crippen molar-refractivity contribution in [3.8, 4) is 33.8 Å². The van der Waals surface area contributed by atoms with Gasteiger partial charge in [0.2, 0.25) is 9.23 Å². The SMILES string of the molecule is CC(=O)Cc1ccc(-c2cc(CCl)c3ccccc3n2)cc1.CC(=O)Cc1ccc(-c2cc(CO)c3ccccc3n2)cc1.CCCCN(C)Cc1cc(-c2ccc(CC(C)=O)cc2)nc2ccccc12.CCCCNC.O=S(Cl)Cl. The average Bonchev–Trinajstić information content (AvgIpc) is 3.52. The molecule has 0 aliphatic heterocycles. The number of aliphatic hydroxyl groups excluding tert-OH is 1. The van der Waals surface area contributed by atoms with Crippen molar-refractivity contribution < 1.29 is 23.7 Å². The molecule has 0 saturated heterocycles. The number of alkyl halides is 1. The van der Waals surface area contributed by atoms with Crippen LogP contribution in [-0.2, 0) is 61.9 Å². The van der Waals surface area contributed by atoms with Crippen molar-refractivity contribution in [2.45, 2.75) is 98.6 Å². The average molecular weight is 1170 g/mol. The Morgan fingerprint density at radius 3 is 1.19 bits per heavy atom. The minimum absolute atomic E-state index is 0.0154. The van der Waals surface area contributed by atoms with Crippen LogP contribution in [-0.4, -0.2) is 73.7 Å². The summed E-state index contributed by atoms with van der Waals surface area (Å²) in [5.41, 5.74) is 15.0. The van der Waals surface area contributed by atoms with Crippen LogP contribution in [0.3, 0.4) is 0 Å². The van der Waals surface area contributed by atoms with Crippen molar-refractivity contribution in [1.29, 1.82) is 0 Å². The standard InChI is InChI=1S/C24H28N2O.C19H16ClNO.C19H17NO2.C5H13N.Cl2OS/c1-4-5-14-26(3)17-21-16-24(25-23-9-7-6-8-22(21)23)20-12-10-19(11-13-20)15-18(2)27;1-13(22)10-14-6-8-15(9-7-14)19-11-16(12-20)17-4-2-3-5-18(17)21-19;1-13(22)10-14-6-8-15(9-7-14)19-11-16(12-21)17-4-2-3-5-18(17)20-19;1-3-4-5-6-2;1-4(2)3/h6-13,16H,4-5,14-15,17H2,1-3H3;2-9,11H,10,12H2,1H3;2-9,11,21H,10,12H2,1H3;6H,3-5H2,1-2H3;. The minimum Gasteiger partial charge on any atom is -0.392 e. The van der Waals surface area contributed by atoms with E-state index in [9.17, 15) is 19.5 Å². The van der Waals surface area contributed by atoms with Crippen molar-refractivity contribution in [3.05, 3.63) is 197 Å². The molecule has 2 N–H and O–H groups in total. The van der Waals surface area contributed by atoms with E-state index in [0.717, 1.165) is 109 Å². The molecule has 0 atom stereocenters. The van der Waals surface area contributed by atoms with Gasteiger partial charge in [-0.3, -0.25) is 14.4 Å². The van der Waals surface area contributed by atoms with Crippen LogP contribution >= 0.6 is 33.0 Å². The number of hydrogen-bond acceptors (Lipinski definition) is 10. The number of fused-ring (bicyclic) bond motifs is 3. The Labute approximate surface area is 494 Å². The van der Waals surface area contributed by atoms with Gasteiger partial charge in [0, 0.05) is 85.9 Å². The number of halogens is 3. The van der Waals surface area contributed by atoms with Crippen LogP contribution in [0.25, 0.3) is 66.5 Å². The highest BCUT2D eigenvalue weighted by Gasteiger charge is 2.12. The van der Waals surface area contributed by atoms with Gasteiger partial charge in [-0.05, 0) is 131 Å². The van der Waals surface area contributed by atoms with Crippen LogP contribution < -0.4 is 5.32 Å². The maximum Gasteiger partial charge on any atom is 0.211 e. The maximum atomic E-state index is 11.3. The summed E-state index contributed by atoms with van der Waals surface area (Å²) in [6.45, 7) is 12.4. The zero-order valence-electron chi connectivity index (χ0n) is 47.5. The highest BCUT2D eigenvalue weighted by molar-refractivity contribution is 8.26. The van der Waals surface area contributed by atoms with Crippen molar-refractivity contribution in [2.24, 2.45) is 0 Å². The van der Waals surface area contributed by atoms with E-state index >= 15 is 0 Å². The fourth-order valence-electron chi connectivity index (χ4n) is 8.95. The Bertz CT molecular complexity index is 3320. The molecule has 14 heteroatoms. The molecule has 0 fully saturated rings. The molecule has 0 bridgehead atoms. The zero-order valence-corrected chi connectivity index (χ0v) is 50.6. The first-order chi connectivity index (χ1) is 39.0. The number of carbonyl (C=O) groups is 3. The molecule has 6 aromatic carbocycles. The first-order valence-corrected chi connectivity index (χ1v) is 30.6. The van der Waals surface area contributed by atoms with Crippen LogP contribution in [0.5, 0.6) is 0 Å². The van der Waals surface area contributed by atoms with Gasteiger partial charge in [0.25, 0.3) is 0 Å². The van der Waals surface area contributed by atoms with Crippen LogP contribution in [0.1, 0.15) is 93.7 Å². The number of unbranched alkanes of at least 4 members (excludes halogenated alkanes) is 2. The van der Waals surface area contributed by atoms with Gasteiger partial charge in [-0.25, -0.2) is 19.2 Å². The zero-order chi connectivity index (χ0) is 58.7. The first kappa shape index (κ1) is 65.3. The number of hydrogen-bond donors (Lipinski definition) is 2. The van der Waals surface area contributed by atoms with E-state index in [1.807, 2.05) is 134 Å². The van der Waals surface area contributed by atoms with Gasteiger partial charge in [-0.15, -0.1) is 11.6 Å². The topological polar surface area (TPSA) is 142 Å². The molecule has 0 aliphatic carbocycles. The third kappa shape index (κ3) is 21.7. The quantitative estimate of drug-likeness (QED) is 0.0456. The van der Waals surface area contributed by atoms with Crippen molar-refractivity contribution in [1.82, 2.24) is 25.2 Å². The van der Waals surface area contributed by atoms with Gasteiger partial charge >= 0.3 is 0 Å². The number of Topliss-reactive ketones (excluding diaryl/α,β-unsaturated/α-hetero) is 3. The number of benzene rings is 6. The molecular formula is C67H74Cl3N5O5S. The molecular weight excluding hydrogens is 1090 g/mol. The van der Waals surface area contributed by atoms with Crippen molar-refractivity contribution in [3.63, 3.8) is 0 Å². The summed E-state index contributed by atoms with van der Waals surface area (Å²) in [5, 5.41) is 15.9. The maximum absolute atomic E-state index is 11.3. The van der Waals surface area contributed by atoms with Gasteiger partial charge < -0.3 is 15.3 Å². The normalized spacial score (nSPS) is 10.7. The van der Waals surface area contributed by atoms with E-state index in [2.05, 4.69) is 93.9 Å². The summed E-state index contributed by atoms with van der Waals surface area (Å²) in [6, 6.07) is 54.4. The van der Waals surface area contributed by atoms with Crippen molar-refractivity contribution >= 4 is 92.3 Å². The number of nitrogens with zero attached hydrogens (tertiary/aromatic N) is 4. The Morgan fingerprint density at radius 1 is 0.531 bits per heavy atom. The summed E-state index contributed by atoms with van der Waals surface area (Å²) in [6.07, 6.45) is 6.42. The Kier molecular flexibility index (Phi) is 27.9. The van der Waals surface area contributed by atoms with Gasteiger partial charge in [-0.2, -0.15) is 0 Å². The molecule has 0 aliphatic rings. The summed E-state index contributed by atoms with van der Waals surface area (Å²) in [5.74, 6) is 0.961. The second-order valence-electron chi connectivity index (χ2n) is 19.8. The molecule has 3 aromatic heterocycles. The van der Waals surface area contributed by atoms with Crippen LogP contribution in [0, 0.1) is 0 Å². The fraction of sp³-hybridized carbons (Fsp3) is 0.284. The van der Waals surface area contributed by atoms with Crippen LogP contribution in [0.15, 0.2) is 164 Å². The van der Waals surface area contributed by atoms with Crippen molar-refractivity contribution in [2.75, 3.05) is 27.2 Å². The summed E-state index contributed by atoms with van der Waals surface area (Å²) >= 11 is 6.08. The highest BCUT2D eigenvalue weighted by atomic mass is 36.0. The number of carbonyl (C=O) groups excluding carboxylic acids is 3. The fourth-order valence-corrected chi connectivity index (χ4v) is 9.17. The molecule has 0 radical (unpaired) electrons. The molecule has 0 saturated carbocycles. The molecule has 9 rings (SSSR count). The van der Waals surface area contributed by atoms with E-state index in [1.165, 1.54) is 36.6 Å². The van der Waals surface area contributed by atoms with Gasteiger partial charge in [0.15, 0.2) is 0 Å². The number of rotatable bonds is 19. The van der Waals surface area contributed by atoms with E-state index in [-0.39, 0.29) is 24.0 Å². The molecule has 424 valence electrons. The number of ketones is 3. The molecule has 3 heterocycles. The van der Waals surface area contributed by atoms with E-state index in [0.29, 0.717) is 25.1 Å². The first-order valence-electron chi connectivity index (χ1n) is 27.2. The predicted octanol–water partition coefficient (Wildman–Crippen LogP) is 15.6.